The molecule has 0 bridgehead atoms. The summed E-state index contributed by atoms with van der Waals surface area (Å²) in [5.74, 6) is -1.98. The van der Waals surface area contributed by atoms with E-state index in [1.54, 1.807) is 12.1 Å². The van der Waals surface area contributed by atoms with Crippen LogP contribution >= 0.6 is 38.5 Å². The lowest BCUT2D eigenvalue weighted by atomic mass is 10.1. The van der Waals surface area contributed by atoms with Gasteiger partial charge in [-0.3, -0.25) is 4.79 Å². The lowest BCUT2D eigenvalue weighted by molar-refractivity contribution is 0.102. The quantitative estimate of drug-likeness (QED) is 0.647. The van der Waals surface area contributed by atoms with Gasteiger partial charge < -0.3 is 5.32 Å². The Morgan fingerprint density at radius 2 is 2.00 bits per heavy atom. The van der Waals surface area contributed by atoms with Crippen molar-refractivity contribution in [2.45, 2.75) is 6.92 Å². The number of carbonyl (C=O) groups is 1. The van der Waals surface area contributed by atoms with E-state index in [-0.39, 0.29) is 10.2 Å². The molecule has 0 aliphatic heterocycles. The Morgan fingerprint density at radius 1 is 1.30 bits per heavy atom. The Morgan fingerprint density at radius 3 is 2.65 bits per heavy atom. The second kappa shape index (κ2) is 6.17. The second-order valence-electron chi connectivity index (χ2n) is 4.14. The van der Waals surface area contributed by atoms with Crippen LogP contribution < -0.4 is 5.32 Å². The number of amides is 1. The molecule has 2 aromatic rings. The van der Waals surface area contributed by atoms with Gasteiger partial charge in [0.2, 0.25) is 0 Å². The van der Waals surface area contributed by atoms with E-state index in [9.17, 15) is 13.6 Å². The fraction of sp³-hybridized carbons (Fsp3) is 0.0714. The zero-order valence-electron chi connectivity index (χ0n) is 10.3. The van der Waals surface area contributed by atoms with Gasteiger partial charge in [-0.25, -0.2) is 8.78 Å². The molecular weight excluding hydrogens is 443 g/mol. The summed E-state index contributed by atoms with van der Waals surface area (Å²) in [6, 6.07) is 7.11. The first-order valence-electron chi connectivity index (χ1n) is 5.61. The molecule has 104 valence electrons. The molecule has 0 aliphatic rings. The van der Waals surface area contributed by atoms with Gasteiger partial charge in [-0.1, -0.05) is 12.1 Å². The summed E-state index contributed by atoms with van der Waals surface area (Å²) in [6.45, 7) is 1.88. The fourth-order valence-electron chi connectivity index (χ4n) is 1.67. The molecule has 0 fully saturated rings. The number of anilines is 1. The predicted molar refractivity (Wildman–Crippen MR) is 85.9 cm³/mol. The molecular formula is C14H9BrF2INO. The maximum Gasteiger partial charge on any atom is 0.256 e. The third-order valence-corrected chi connectivity index (χ3v) is 4.74. The number of rotatable bonds is 2. The van der Waals surface area contributed by atoms with Crippen LogP contribution in [0.1, 0.15) is 15.9 Å². The molecule has 0 aromatic heterocycles. The van der Waals surface area contributed by atoms with Gasteiger partial charge in [0, 0.05) is 14.1 Å². The summed E-state index contributed by atoms with van der Waals surface area (Å²) < 4.78 is 27.6. The molecule has 2 aromatic carbocycles. The Kier molecular flexibility index (Phi) is 4.74. The maximum absolute atomic E-state index is 13.7. The van der Waals surface area contributed by atoms with E-state index in [1.165, 1.54) is 0 Å². The third-order valence-electron chi connectivity index (χ3n) is 2.68. The van der Waals surface area contributed by atoms with Crippen LogP contribution in [-0.4, -0.2) is 5.91 Å². The van der Waals surface area contributed by atoms with E-state index < -0.39 is 17.5 Å². The van der Waals surface area contributed by atoms with Gasteiger partial charge in [0.25, 0.3) is 5.91 Å². The minimum atomic E-state index is -0.826. The predicted octanol–water partition coefficient (Wildman–Crippen LogP) is 4.89. The Labute approximate surface area is 136 Å². The van der Waals surface area contributed by atoms with E-state index in [0.29, 0.717) is 5.56 Å². The molecule has 2 nitrogen and oxygen atoms in total. The number of halogens is 4. The monoisotopic (exact) mass is 451 g/mol. The molecule has 1 N–H and O–H groups in total. The van der Waals surface area contributed by atoms with Crippen molar-refractivity contribution in [2.75, 3.05) is 5.32 Å². The lowest BCUT2D eigenvalue weighted by Gasteiger charge is -2.11. The summed E-state index contributed by atoms with van der Waals surface area (Å²) in [5, 5.41) is 2.46. The summed E-state index contributed by atoms with van der Waals surface area (Å²) in [4.78, 5) is 12.2. The first-order valence-corrected chi connectivity index (χ1v) is 7.48. The molecule has 0 atom stereocenters. The van der Waals surface area contributed by atoms with Crippen molar-refractivity contribution in [1.82, 2.24) is 0 Å². The average Bonchev–Trinajstić information content (AvgIpc) is 2.36. The Hall–Kier alpha value is -1.02. The van der Waals surface area contributed by atoms with Crippen molar-refractivity contribution in [3.63, 3.8) is 0 Å². The van der Waals surface area contributed by atoms with Crippen molar-refractivity contribution >= 4 is 50.1 Å². The number of aryl methyl sites for hydroxylation is 1. The largest absolute Gasteiger partial charge is 0.318 e. The zero-order chi connectivity index (χ0) is 14.9. The maximum atomic E-state index is 13.7. The number of carbonyl (C=O) groups excluding carboxylic acids is 1. The minimum absolute atomic E-state index is 0.0753. The highest BCUT2D eigenvalue weighted by Gasteiger charge is 2.16. The smallest absolute Gasteiger partial charge is 0.256 e. The molecule has 0 radical (unpaired) electrons. The first kappa shape index (κ1) is 15.4. The van der Waals surface area contributed by atoms with Crippen LogP contribution in [0.4, 0.5) is 14.5 Å². The van der Waals surface area contributed by atoms with Crippen LogP contribution in [-0.2, 0) is 0 Å². The SMILES string of the molecule is Cc1cccc(C(=O)Nc2c(F)cc(F)cc2Br)c1I. The highest BCUT2D eigenvalue weighted by Crippen LogP contribution is 2.28. The van der Waals surface area contributed by atoms with Gasteiger partial charge in [0.1, 0.15) is 5.82 Å². The van der Waals surface area contributed by atoms with Crippen LogP contribution in [0.5, 0.6) is 0 Å². The molecule has 0 heterocycles. The number of hydrogen-bond acceptors (Lipinski definition) is 1. The molecule has 1 amide bonds. The van der Waals surface area contributed by atoms with Crippen molar-refractivity contribution in [2.24, 2.45) is 0 Å². The van der Waals surface area contributed by atoms with Gasteiger partial charge in [0.15, 0.2) is 5.82 Å². The normalized spacial score (nSPS) is 10.4. The van der Waals surface area contributed by atoms with E-state index in [2.05, 4.69) is 43.8 Å². The molecule has 0 unspecified atom stereocenters. The third kappa shape index (κ3) is 3.17. The van der Waals surface area contributed by atoms with Crippen LogP contribution in [0.25, 0.3) is 0 Å². The summed E-state index contributed by atoms with van der Waals surface area (Å²) in [6.07, 6.45) is 0. The molecule has 0 saturated heterocycles. The summed E-state index contributed by atoms with van der Waals surface area (Å²) in [7, 11) is 0. The molecule has 0 spiro atoms. The van der Waals surface area contributed by atoms with Crippen molar-refractivity contribution < 1.29 is 13.6 Å². The lowest BCUT2D eigenvalue weighted by Crippen LogP contribution is -2.15. The molecule has 0 aliphatic carbocycles. The summed E-state index contributed by atoms with van der Waals surface area (Å²) >= 11 is 5.09. The molecule has 20 heavy (non-hydrogen) atoms. The highest BCUT2D eigenvalue weighted by atomic mass is 127. The molecule has 2 rings (SSSR count). The van der Waals surface area contributed by atoms with Gasteiger partial charge in [-0.05, 0) is 63.1 Å². The van der Waals surface area contributed by atoms with Crippen molar-refractivity contribution in [3.8, 4) is 0 Å². The Balaban J connectivity index is 2.36. The second-order valence-corrected chi connectivity index (χ2v) is 6.07. The first-order chi connectivity index (χ1) is 9.40. The van der Waals surface area contributed by atoms with Crippen LogP contribution in [0.2, 0.25) is 0 Å². The number of nitrogens with one attached hydrogen (secondary N) is 1. The van der Waals surface area contributed by atoms with Crippen LogP contribution in [0.15, 0.2) is 34.8 Å². The molecule has 6 heteroatoms. The highest BCUT2D eigenvalue weighted by molar-refractivity contribution is 14.1. The zero-order valence-corrected chi connectivity index (χ0v) is 14.1. The van der Waals surface area contributed by atoms with Crippen molar-refractivity contribution in [1.29, 1.82) is 0 Å². The summed E-state index contributed by atoms with van der Waals surface area (Å²) in [5.41, 5.74) is 1.33. The minimum Gasteiger partial charge on any atom is -0.318 e. The molecule has 0 saturated carbocycles. The van der Waals surface area contributed by atoms with E-state index >= 15 is 0 Å². The topological polar surface area (TPSA) is 29.1 Å². The fourth-order valence-corrected chi connectivity index (χ4v) is 2.78. The van der Waals surface area contributed by atoms with Crippen molar-refractivity contribution in [3.05, 3.63) is 61.1 Å². The van der Waals surface area contributed by atoms with E-state index in [1.807, 2.05) is 13.0 Å². The number of hydrogen-bond donors (Lipinski definition) is 1. The van der Waals surface area contributed by atoms with Gasteiger partial charge >= 0.3 is 0 Å². The Bertz CT molecular complexity index is 668. The van der Waals surface area contributed by atoms with Crippen LogP contribution in [0.3, 0.4) is 0 Å². The van der Waals surface area contributed by atoms with Gasteiger partial charge in [0.05, 0.1) is 11.3 Å². The van der Waals surface area contributed by atoms with Gasteiger partial charge in [-0.2, -0.15) is 0 Å². The van der Waals surface area contributed by atoms with E-state index in [4.69, 9.17) is 0 Å². The standard InChI is InChI=1S/C14H9BrF2INO/c1-7-3-2-4-9(12(7)18)14(20)19-13-10(15)5-8(16)6-11(13)17/h2-6H,1H3,(H,19,20). The van der Waals surface area contributed by atoms with E-state index in [0.717, 1.165) is 21.3 Å². The average molecular weight is 452 g/mol. The van der Waals surface area contributed by atoms with Gasteiger partial charge in [-0.15, -0.1) is 0 Å². The van der Waals surface area contributed by atoms with Crippen LogP contribution in [0, 0.1) is 22.1 Å². The number of benzene rings is 2.